The Bertz CT molecular complexity index is 1100. The largest absolute Gasteiger partial charge is 0.495 e. The maximum absolute atomic E-state index is 12.8. The van der Waals surface area contributed by atoms with Crippen molar-refractivity contribution >= 4 is 35.0 Å². The minimum atomic E-state index is -1.26. The summed E-state index contributed by atoms with van der Waals surface area (Å²) < 4.78 is 5.57. The molecule has 0 bridgehead atoms. The zero-order chi connectivity index (χ0) is 27.5. The second-order valence-electron chi connectivity index (χ2n) is 8.80. The molecule has 2 aliphatic heterocycles. The molecule has 3 heterocycles. The summed E-state index contributed by atoms with van der Waals surface area (Å²) in [5.41, 5.74) is 2.98. The number of aliphatic carboxylic acids is 2. The molecule has 2 saturated heterocycles. The number of ether oxygens (including phenoxy) is 1. The van der Waals surface area contributed by atoms with Crippen LogP contribution in [0.3, 0.4) is 0 Å². The summed E-state index contributed by atoms with van der Waals surface area (Å²) in [5.74, 6) is -1.68. The Morgan fingerprint density at radius 3 is 2.00 bits per heavy atom. The first-order valence-corrected chi connectivity index (χ1v) is 12.2. The van der Waals surface area contributed by atoms with Gasteiger partial charge in [0.1, 0.15) is 5.75 Å². The Kier molecular flexibility index (Phi) is 10.3. The van der Waals surface area contributed by atoms with Crippen LogP contribution in [0, 0.1) is 0 Å². The third kappa shape index (κ3) is 8.37. The van der Waals surface area contributed by atoms with Gasteiger partial charge in [0.25, 0.3) is 0 Å². The summed E-state index contributed by atoms with van der Waals surface area (Å²) in [6.07, 6.45) is 4.72. The summed E-state index contributed by atoms with van der Waals surface area (Å²) in [6.45, 7) is 6.93. The molecular formula is C26H34N6O6. The lowest BCUT2D eigenvalue weighted by Crippen LogP contribution is -2.50. The number of methoxy groups -OCH3 is 1. The molecule has 2 aromatic rings. The number of benzene rings is 1. The number of rotatable bonds is 6. The fourth-order valence-electron chi connectivity index (χ4n) is 4.13. The van der Waals surface area contributed by atoms with E-state index in [9.17, 15) is 14.4 Å². The fourth-order valence-corrected chi connectivity index (χ4v) is 4.13. The van der Waals surface area contributed by atoms with Crippen LogP contribution < -0.4 is 19.9 Å². The quantitative estimate of drug-likeness (QED) is 0.479. The molecule has 1 aromatic carbocycles. The fraction of sp³-hybridized carbons (Fsp3) is 0.385. The van der Waals surface area contributed by atoms with E-state index >= 15 is 0 Å². The lowest BCUT2D eigenvalue weighted by molar-refractivity contribution is -0.134. The standard InChI is InChI=1S/C22H30N6O2.C4H4O4/c1-25-9-11-27(12-10-25)20-17-18(3-4-21(20)30-2)24-22(29)28-15-13-26(14-16-28)19-5-7-23-8-6-19;5-3(6)1-2-4(7)8/h3-8,17H,9-16H2,1-2H3,(H,24,29);1-2H,(H,5,6)(H,7,8)/b;2-1+. The van der Waals surface area contributed by atoms with Crippen LogP contribution in [0.15, 0.2) is 54.9 Å². The molecule has 38 heavy (non-hydrogen) atoms. The topological polar surface area (TPSA) is 139 Å². The minimum absolute atomic E-state index is 0.0566. The van der Waals surface area contributed by atoms with E-state index in [4.69, 9.17) is 14.9 Å². The summed E-state index contributed by atoms with van der Waals surface area (Å²) in [6, 6.07) is 9.82. The number of carboxylic acid groups (broad SMARTS) is 2. The molecule has 12 nitrogen and oxygen atoms in total. The molecule has 0 saturated carbocycles. The van der Waals surface area contributed by atoms with Crippen LogP contribution in [0.25, 0.3) is 0 Å². The highest BCUT2D eigenvalue weighted by Crippen LogP contribution is 2.32. The zero-order valence-corrected chi connectivity index (χ0v) is 21.6. The van der Waals surface area contributed by atoms with Crippen molar-refractivity contribution in [2.45, 2.75) is 0 Å². The summed E-state index contributed by atoms with van der Waals surface area (Å²) in [7, 11) is 3.83. The van der Waals surface area contributed by atoms with Crippen molar-refractivity contribution in [2.75, 3.05) is 81.6 Å². The predicted octanol–water partition coefficient (Wildman–Crippen LogP) is 1.91. The number of carbonyl (C=O) groups excluding carboxylic acids is 1. The number of carboxylic acids is 2. The molecule has 2 fully saturated rings. The molecule has 204 valence electrons. The maximum Gasteiger partial charge on any atom is 0.328 e. The highest BCUT2D eigenvalue weighted by molar-refractivity contribution is 5.91. The smallest absolute Gasteiger partial charge is 0.328 e. The molecule has 0 unspecified atom stereocenters. The van der Waals surface area contributed by atoms with Crippen molar-refractivity contribution < 1.29 is 29.3 Å². The summed E-state index contributed by atoms with van der Waals surface area (Å²) >= 11 is 0. The van der Waals surface area contributed by atoms with E-state index < -0.39 is 11.9 Å². The number of urea groups is 1. The van der Waals surface area contributed by atoms with Crippen LogP contribution in [0.2, 0.25) is 0 Å². The number of nitrogens with one attached hydrogen (secondary N) is 1. The summed E-state index contributed by atoms with van der Waals surface area (Å²) in [5, 5.41) is 18.7. The molecule has 2 amide bonds. The lowest BCUT2D eigenvalue weighted by Gasteiger charge is -2.36. The van der Waals surface area contributed by atoms with E-state index in [1.165, 1.54) is 0 Å². The molecule has 2 aliphatic rings. The van der Waals surface area contributed by atoms with Crippen LogP contribution >= 0.6 is 0 Å². The number of likely N-dealkylation sites (N-methyl/N-ethyl adjacent to an activating group) is 1. The Morgan fingerprint density at radius 1 is 0.868 bits per heavy atom. The molecule has 0 atom stereocenters. The van der Waals surface area contributed by atoms with Crippen LogP contribution in [0.1, 0.15) is 0 Å². The van der Waals surface area contributed by atoms with Crippen molar-refractivity contribution in [3.63, 3.8) is 0 Å². The Labute approximate surface area is 221 Å². The van der Waals surface area contributed by atoms with Crippen LogP contribution in [0.4, 0.5) is 21.9 Å². The van der Waals surface area contributed by atoms with Crippen molar-refractivity contribution in [1.29, 1.82) is 0 Å². The monoisotopic (exact) mass is 526 g/mol. The Balaban J connectivity index is 0.000000436. The van der Waals surface area contributed by atoms with Crippen molar-refractivity contribution in [3.8, 4) is 5.75 Å². The number of carbonyl (C=O) groups is 3. The van der Waals surface area contributed by atoms with Crippen LogP contribution in [-0.4, -0.2) is 109 Å². The molecule has 0 aliphatic carbocycles. The molecule has 4 rings (SSSR count). The van der Waals surface area contributed by atoms with E-state index in [-0.39, 0.29) is 6.03 Å². The van der Waals surface area contributed by atoms with E-state index in [1.807, 2.05) is 35.2 Å². The van der Waals surface area contributed by atoms with Crippen LogP contribution in [0.5, 0.6) is 5.75 Å². The maximum atomic E-state index is 12.8. The van der Waals surface area contributed by atoms with Gasteiger partial charge in [-0.1, -0.05) is 0 Å². The SMILES string of the molecule is COc1ccc(NC(=O)N2CCN(c3ccncc3)CC2)cc1N1CCN(C)CC1.O=C(O)/C=C/C(=O)O. The first-order chi connectivity index (χ1) is 18.3. The van der Waals surface area contributed by atoms with Gasteiger partial charge in [-0.2, -0.15) is 0 Å². The van der Waals surface area contributed by atoms with E-state index in [2.05, 4.69) is 32.0 Å². The van der Waals surface area contributed by atoms with Crippen molar-refractivity contribution in [2.24, 2.45) is 0 Å². The second-order valence-corrected chi connectivity index (χ2v) is 8.80. The molecule has 0 radical (unpaired) electrons. The van der Waals surface area contributed by atoms with Gasteiger partial charge in [-0.15, -0.1) is 0 Å². The van der Waals surface area contributed by atoms with Gasteiger partial charge in [-0.3, -0.25) is 4.98 Å². The number of anilines is 3. The van der Waals surface area contributed by atoms with E-state index in [0.29, 0.717) is 25.2 Å². The van der Waals surface area contributed by atoms with Crippen molar-refractivity contribution in [3.05, 3.63) is 54.9 Å². The molecular weight excluding hydrogens is 492 g/mol. The molecule has 0 spiro atoms. The average molecular weight is 527 g/mol. The van der Waals surface area contributed by atoms with E-state index in [0.717, 1.165) is 62.1 Å². The number of hydrogen-bond donors (Lipinski definition) is 3. The molecule has 3 N–H and O–H groups in total. The van der Waals surface area contributed by atoms with Crippen LogP contribution in [-0.2, 0) is 9.59 Å². The van der Waals surface area contributed by atoms with E-state index in [1.54, 1.807) is 19.5 Å². The number of pyridine rings is 1. The number of hydrogen-bond acceptors (Lipinski definition) is 8. The van der Waals surface area contributed by atoms with Gasteiger partial charge in [0, 0.05) is 88.3 Å². The second kappa shape index (κ2) is 13.8. The third-order valence-electron chi connectivity index (χ3n) is 6.24. The van der Waals surface area contributed by atoms with Gasteiger partial charge >= 0.3 is 18.0 Å². The highest BCUT2D eigenvalue weighted by atomic mass is 16.5. The van der Waals surface area contributed by atoms with Gasteiger partial charge in [-0.05, 0) is 37.4 Å². The number of aromatic nitrogens is 1. The predicted molar refractivity (Wildman–Crippen MR) is 144 cm³/mol. The van der Waals surface area contributed by atoms with Gasteiger partial charge in [0.15, 0.2) is 0 Å². The minimum Gasteiger partial charge on any atom is -0.495 e. The molecule has 1 aromatic heterocycles. The van der Waals surface area contributed by atoms with Gasteiger partial charge in [-0.25, -0.2) is 14.4 Å². The lowest BCUT2D eigenvalue weighted by atomic mass is 10.2. The zero-order valence-electron chi connectivity index (χ0n) is 21.6. The van der Waals surface area contributed by atoms with Gasteiger partial charge in [0.05, 0.1) is 12.8 Å². The highest BCUT2D eigenvalue weighted by Gasteiger charge is 2.23. The number of amides is 2. The average Bonchev–Trinajstić information content (AvgIpc) is 2.93. The first-order valence-electron chi connectivity index (χ1n) is 12.2. The Hall–Kier alpha value is -4.32. The third-order valence-corrected chi connectivity index (χ3v) is 6.24. The number of piperazine rings is 2. The van der Waals surface area contributed by atoms with Crippen molar-refractivity contribution in [1.82, 2.24) is 14.8 Å². The normalized spacial score (nSPS) is 16.0. The van der Waals surface area contributed by atoms with Gasteiger partial charge < -0.3 is 39.9 Å². The Morgan fingerprint density at radius 2 is 1.45 bits per heavy atom. The molecule has 12 heteroatoms. The number of nitrogens with zero attached hydrogens (tertiary/aromatic N) is 5. The van der Waals surface area contributed by atoms with Gasteiger partial charge in [0.2, 0.25) is 0 Å². The first kappa shape index (κ1) is 28.3. The summed E-state index contributed by atoms with van der Waals surface area (Å²) in [4.78, 5) is 44.8.